The molecule has 1 aliphatic rings. The summed E-state index contributed by atoms with van der Waals surface area (Å²) in [4.78, 5) is 9.29. The maximum absolute atomic E-state index is 6.35. The van der Waals surface area contributed by atoms with E-state index in [-0.39, 0.29) is 21.1 Å². The summed E-state index contributed by atoms with van der Waals surface area (Å²) < 4.78 is 8.51. The van der Waals surface area contributed by atoms with Gasteiger partial charge in [-0.1, -0.05) is 77.5 Å². The van der Waals surface area contributed by atoms with Crippen LogP contribution in [0.15, 0.2) is 115 Å². The van der Waals surface area contributed by atoms with Crippen molar-refractivity contribution in [2.75, 3.05) is 16.8 Å². The van der Waals surface area contributed by atoms with Crippen LogP contribution < -0.4 is 14.5 Å². The molecule has 0 spiro atoms. The third-order valence-electron chi connectivity index (χ3n) is 7.41. The molecule has 3 heterocycles. The minimum absolute atomic E-state index is 0. The van der Waals surface area contributed by atoms with Crippen LogP contribution in [0, 0.1) is 18.8 Å². The van der Waals surface area contributed by atoms with Crippen LogP contribution in [-0.2, 0) is 21.1 Å². The molecule has 41 heavy (non-hydrogen) atoms. The Hall–Kier alpha value is -4.60. The molecule has 5 nitrogen and oxygen atoms in total. The fourth-order valence-corrected chi connectivity index (χ4v) is 5.55. The summed E-state index contributed by atoms with van der Waals surface area (Å²) >= 11 is 0. The number of benzene rings is 5. The minimum Gasteiger partial charge on any atom is -0.504 e. The van der Waals surface area contributed by atoms with Gasteiger partial charge in [0.15, 0.2) is 0 Å². The molecule has 1 aliphatic heterocycles. The molecule has 0 fully saturated rings. The van der Waals surface area contributed by atoms with E-state index >= 15 is 0 Å². The molecule has 0 unspecified atom stereocenters. The van der Waals surface area contributed by atoms with Crippen molar-refractivity contribution in [3.8, 4) is 22.8 Å². The molecule has 0 amide bonds. The smallest absolute Gasteiger partial charge is 0.0771 e. The van der Waals surface area contributed by atoms with E-state index < -0.39 is 0 Å². The van der Waals surface area contributed by atoms with E-state index in [9.17, 15) is 0 Å². The van der Waals surface area contributed by atoms with Crippen LogP contribution in [0.3, 0.4) is 0 Å². The van der Waals surface area contributed by atoms with Crippen LogP contribution in [0.2, 0.25) is 0 Å². The van der Waals surface area contributed by atoms with Crippen molar-refractivity contribution in [3.05, 3.63) is 134 Å². The minimum atomic E-state index is 0. The Morgan fingerprint density at radius 2 is 1.46 bits per heavy atom. The number of hydrogen-bond donors (Lipinski definition) is 0. The molecule has 202 valence electrons. The number of rotatable bonds is 4. The fraction of sp³-hybridized carbons (Fsp3) is 0.0286. The second-order valence-electron chi connectivity index (χ2n) is 9.90. The zero-order chi connectivity index (χ0) is 26.6. The van der Waals surface area contributed by atoms with Gasteiger partial charge in [0.1, 0.15) is 0 Å². The largest absolute Gasteiger partial charge is 0.504 e. The SMILES string of the molecule is CN1[CH-]N(c2[c-]c(Oc3[c-]c4c(cc3)c3ccccc3n3cc(-c5ccccc5)nc43)ccc2)c2ccccc21.[Pt]. The number of hydrogen-bond acceptors (Lipinski definition) is 4. The van der Waals surface area contributed by atoms with Gasteiger partial charge in [0.2, 0.25) is 0 Å². The van der Waals surface area contributed by atoms with Gasteiger partial charge in [-0.2, -0.15) is 12.7 Å². The molecule has 0 bridgehead atoms. The molecule has 0 radical (unpaired) electrons. The van der Waals surface area contributed by atoms with Gasteiger partial charge in [-0.3, -0.25) is 4.98 Å². The van der Waals surface area contributed by atoms with Crippen molar-refractivity contribution in [2.24, 2.45) is 0 Å². The number of anilines is 3. The number of pyridine rings is 1. The van der Waals surface area contributed by atoms with Gasteiger partial charge in [0.25, 0.3) is 0 Å². The van der Waals surface area contributed by atoms with Gasteiger partial charge in [-0.15, -0.1) is 36.0 Å². The summed E-state index contributed by atoms with van der Waals surface area (Å²) in [6, 6.07) is 44.0. The number of aromatic nitrogens is 2. The summed E-state index contributed by atoms with van der Waals surface area (Å²) in [5.41, 5.74) is 7.12. The molecule has 5 aromatic carbocycles. The zero-order valence-electron chi connectivity index (χ0n) is 22.1. The Labute approximate surface area is 252 Å². The van der Waals surface area contributed by atoms with Gasteiger partial charge in [0.05, 0.1) is 11.3 Å². The van der Waals surface area contributed by atoms with Crippen molar-refractivity contribution < 1.29 is 25.8 Å². The third-order valence-corrected chi connectivity index (χ3v) is 7.41. The monoisotopic (exact) mass is 710 g/mol. The van der Waals surface area contributed by atoms with Crippen molar-refractivity contribution in [1.82, 2.24) is 9.38 Å². The number of imidazole rings is 1. The molecular formula is C35H23N4OPt-3. The summed E-state index contributed by atoms with van der Waals surface area (Å²) in [6.45, 7) is 2.06. The first-order chi connectivity index (χ1) is 19.7. The van der Waals surface area contributed by atoms with Crippen LogP contribution in [0.5, 0.6) is 11.5 Å². The van der Waals surface area contributed by atoms with E-state index in [4.69, 9.17) is 9.72 Å². The first kappa shape index (κ1) is 25.4. The van der Waals surface area contributed by atoms with E-state index in [2.05, 4.69) is 93.8 Å². The second-order valence-corrected chi connectivity index (χ2v) is 9.90. The average Bonchev–Trinajstić information content (AvgIpc) is 3.61. The van der Waals surface area contributed by atoms with Gasteiger partial charge in [0, 0.05) is 61.2 Å². The van der Waals surface area contributed by atoms with Gasteiger partial charge >= 0.3 is 0 Å². The van der Waals surface area contributed by atoms with Crippen molar-refractivity contribution in [1.29, 1.82) is 0 Å². The Morgan fingerprint density at radius 3 is 2.34 bits per heavy atom. The number of ether oxygens (including phenoxy) is 1. The first-order valence-electron chi connectivity index (χ1n) is 13.2. The van der Waals surface area contributed by atoms with E-state index in [1.165, 1.54) is 0 Å². The summed E-state index contributed by atoms with van der Waals surface area (Å²) in [6.07, 6.45) is 2.10. The van der Waals surface area contributed by atoms with Crippen LogP contribution in [-0.4, -0.2) is 16.4 Å². The maximum atomic E-state index is 6.35. The van der Waals surface area contributed by atoms with E-state index in [0.29, 0.717) is 11.5 Å². The second kappa shape index (κ2) is 10.1. The molecule has 0 N–H and O–H groups in total. The standard InChI is InChI=1S/C35H23N4O.Pt/c1-37-23-39(34-17-8-7-16-33(34)37)25-12-9-13-26(20-25)40-27-18-19-28-29-14-5-6-15-32(29)38-22-31(24-10-3-2-4-11-24)36-35(38)30(28)21-27;/h2-19,22-23H,1H3;/q-3;. The molecular weight excluding hydrogens is 687 g/mol. The fourth-order valence-electron chi connectivity index (χ4n) is 5.55. The van der Waals surface area contributed by atoms with Gasteiger partial charge in [-0.25, -0.2) is 0 Å². The average molecular weight is 711 g/mol. The number of nitrogens with zero attached hydrogens (tertiary/aromatic N) is 4. The van der Waals surface area contributed by atoms with E-state index in [1.54, 1.807) is 0 Å². The van der Waals surface area contributed by atoms with E-state index in [1.807, 2.05) is 61.6 Å². The van der Waals surface area contributed by atoms with Gasteiger partial charge < -0.3 is 18.9 Å². The Balaban J connectivity index is 0.00000276. The van der Waals surface area contributed by atoms with E-state index in [0.717, 1.165) is 55.6 Å². The predicted molar refractivity (Wildman–Crippen MR) is 161 cm³/mol. The van der Waals surface area contributed by atoms with Crippen LogP contribution in [0.1, 0.15) is 0 Å². The molecule has 0 saturated carbocycles. The Bertz CT molecular complexity index is 2050. The van der Waals surface area contributed by atoms with Crippen LogP contribution >= 0.6 is 0 Å². The third kappa shape index (κ3) is 4.25. The normalized spacial score (nSPS) is 12.6. The summed E-state index contributed by atoms with van der Waals surface area (Å²) in [7, 11) is 2.05. The number of para-hydroxylation sites is 3. The summed E-state index contributed by atoms with van der Waals surface area (Å²) in [5.74, 6) is 1.24. The quantitative estimate of drug-likeness (QED) is 0.136. The maximum Gasteiger partial charge on any atom is 0.0771 e. The number of fused-ring (bicyclic) bond motifs is 7. The molecule has 0 atom stereocenters. The Morgan fingerprint density at radius 1 is 0.707 bits per heavy atom. The molecule has 0 aliphatic carbocycles. The van der Waals surface area contributed by atoms with Gasteiger partial charge in [-0.05, 0) is 30.6 Å². The molecule has 6 heteroatoms. The van der Waals surface area contributed by atoms with Crippen molar-refractivity contribution >= 4 is 44.4 Å². The molecule has 2 aromatic heterocycles. The molecule has 7 aromatic rings. The van der Waals surface area contributed by atoms with Crippen molar-refractivity contribution in [2.45, 2.75) is 0 Å². The molecule has 0 saturated heterocycles. The van der Waals surface area contributed by atoms with Crippen LogP contribution in [0.4, 0.5) is 17.1 Å². The van der Waals surface area contributed by atoms with Crippen molar-refractivity contribution in [3.63, 3.8) is 0 Å². The predicted octanol–water partition coefficient (Wildman–Crippen LogP) is 8.41. The van der Waals surface area contributed by atoms with Crippen LogP contribution in [0.25, 0.3) is 38.6 Å². The summed E-state index contributed by atoms with van der Waals surface area (Å²) in [5, 5.41) is 3.15. The zero-order valence-corrected chi connectivity index (χ0v) is 24.3. The first-order valence-corrected chi connectivity index (χ1v) is 13.2. The topological polar surface area (TPSA) is 33.0 Å². The Kier molecular flexibility index (Phi) is 6.25. The molecule has 8 rings (SSSR count).